The number of amides is 2. The first-order valence-corrected chi connectivity index (χ1v) is 19.3. The van der Waals surface area contributed by atoms with Crippen molar-refractivity contribution in [2.75, 3.05) is 119 Å². The van der Waals surface area contributed by atoms with Gasteiger partial charge in [-0.1, -0.05) is 15.9 Å². The second-order valence-corrected chi connectivity index (χ2v) is 12.8. The van der Waals surface area contributed by atoms with Gasteiger partial charge in [-0.15, -0.1) is 0 Å². The monoisotopic (exact) mass is 815 g/mol. The highest BCUT2D eigenvalue weighted by Crippen LogP contribution is 2.16. The highest BCUT2D eigenvalue weighted by Gasteiger charge is 2.23. The van der Waals surface area contributed by atoms with Gasteiger partial charge in [0.2, 0.25) is 0 Å². The van der Waals surface area contributed by atoms with Gasteiger partial charge >= 0.3 is 0 Å². The Bertz CT molecular complexity index is 1130. The zero-order valence-electron chi connectivity index (χ0n) is 31.0. The van der Waals surface area contributed by atoms with Crippen LogP contribution < -0.4 is 4.74 Å². The molecule has 300 valence electrons. The maximum Gasteiger partial charge on any atom is 0.253 e. The minimum absolute atomic E-state index is 0.00536. The fourth-order valence-electron chi connectivity index (χ4n) is 4.66. The predicted octanol–water partition coefficient (Wildman–Crippen LogP) is 4.14. The van der Waals surface area contributed by atoms with Crippen molar-refractivity contribution in [2.45, 2.75) is 51.4 Å². The lowest BCUT2D eigenvalue weighted by Gasteiger charge is -2.12. The lowest BCUT2D eigenvalue weighted by molar-refractivity contribution is -0.137. The van der Waals surface area contributed by atoms with Crippen LogP contribution in [0, 0.1) is 0 Å². The van der Waals surface area contributed by atoms with E-state index in [1.54, 1.807) is 0 Å². The zero-order chi connectivity index (χ0) is 38.0. The zero-order valence-corrected chi connectivity index (χ0v) is 32.6. The molecule has 0 saturated heterocycles. The standard InChI is InChI=1S/C38H58BrNO13/c39-33-7-9-36(10-8-33)53-17-3-1-2-5-35(42)14-18-46-20-22-48-24-26-50-28-30-52-32-31-51-29-27-49-25-23-47-21-19-45-16-4-6-34(41)13-15-40-37(43)11-12-38(40)44/h7-12H,1-6,13-32H2. The Labute approximate surface area is 322 Å². The number of imide groups is 1. The van der Waals surface area contributed by atoms with Crippen LogP contribution in [0.25, 0.3) is 0 Å². The number of halogens is 1. The van der Waals surface area contributed by atoms with Crippen molar-refractivity contribution < 1.29 is 61.8 Å². The highest BCUT2D eigenvalue weighted by molar-refractivity contribution is 9.10. The summed E-state index contributed by atoms with van der Waals surface area (Å²) in [7, 11) is 0. The Hall–Kier alpha value is -2.60. The van der Waals surface area contributed by atoms with Crippen molar-refractivity contribution in [3.05, 3.63) is 40.9 Å². The van der Waals surface area contributed by atoms with E-state index in [1.807, 2.05) is 24.3 Å². The number of carbonyl (C=O) groups is 4. The number of ether oxygens (including phenoxy) is 9. The summed E-state index contributed by atoms with van der Waals surface area (Å²) in [5.74, 6) is 0.332. The van der Waals surface area contributed by atoms with Gasteiger partial charge < -0.3 is 42.6 Å². The number of Topliss-reactive ketones (excluding diaryl/α,β-unsaturated/α-hetero) is 2. The molecule has 0 aliphatic carbocycles. The van der Waals surface area contributed by atoms with E-state index >= 15 is 0 Å². The van der Waals surface area contributed by atoms with E-state index in [2.05, 4.69) is 15.9 Å². The van der Waals surface area contributed by atoms with Gasteiger partial charge in [0.15, 0.2) is 0 Å². The molecule has 1 aliphatic rings. The molecule has 0 N–H and O–H groups in total. The van der Waals surface area contributed by atoms with E-state index in [0.717, 1.165) is 34.4 Å². The maximum atomic E-state index is 12.0. The number of hydrogen-bond donors (Lipinski definition) is 0. The predicted molar refractivity (Wildman–Crippen MR) is 199 cm³/mol. The van der Waals surface area contributed by atoms with Crippen molar-refractivity contribution >= 4 is 39.3 Å². The van der Waals surface area contributed by atoms with E-state index in [4.69, 9.17) is 42.6 Å². The summed E-state index contributed by atoms with van der Waals surface area (Å²) in [4.78, 5) is 47.9. The second-order valence-electron chi connectivity index (χ2n) is 11.9. The minimum Gasteiger partial charge on any atom is -0.494 e. The van der Waals surface area contributed by atoms with Crippen LogP contribution in [-0.2, 0) is 57.1 Å². The molecule has 1 aromatic carbocycles. The van der Waals surface area contributed by atoms with Gasteiger partial charge in [-0.05, 0) is 49.9 Å². The van der Waals surface area contributed by atoms with Gasteiger partial charge in [0.1, 0.15) is 17.3 Å². The second kappa shape index (κ2) is 32.8. The molecule has 2 rings (SSSR count). The van der Waals surface area contributed by atoms with Crippen molar-refractivity contribution in [2.24, 2.45) is 0 Å². The number of nitrogens with zero attached hydrogens (tertiary/aromatic N) is 1. The Morgan fingerprint density at radius 1 is 0.453 bits per heavy atom. The SMILES string of the molecule is O=C(CCCCCOc1ccc(Br)cc1)CCOCCOCCOCCOCCOCCOCCOCCOCCCC(=O)CCN1C(=O)C=CC1=O. The molecular weight excluding hydrogens is 758 g/mol. The smallest absolute Gasteiger partial charge is 0.253 e. The van der Waals surface area contributed by atoms with E-state index in [0.29, 0.717) is 138 Å². The number of rotatable bonds is 38. The Morgan fingerprint density at radius 3 is 1.36 bits per heavy atom. The fraction of sp³-hybridized carbons (Fsp3) is 0.684. The molecule has 1 aliphatic heterocycles. The fourth-order valence-corrected chi connectivity index (χ4v) is 4.92. The average molecular weight is 817 g/mol. The molecule has 0 fully saturated rings. The van der Waals surface area contributed by atoms with E-state index < -0.39 is 0 Å². The number of benzene rings is 1. The Balaban J connectivity index is 1.17. The highest BCUT2D eigenvalue weighted by atomic mass is 79.9. The van der Waals surface area contributed by atoms with Gasteiger partial charge in [-0.2, -0.15) is 0 Å². The van der Waals surface area contributed by atoms with Crippen LogP contribution in [0.4, 0.5) is 0 Å². The van der Waals surface area contributed by atoms with Crippen LogP contribution >= 0.6 is 15.9 Å². The van der Waals surface area contributed by atoms with Crippen molar-refractivity contribution in [3.63, 3.8) is 0 Å². The Morgan fingerprint density at radius 2 is 0.868 bits per heavy atom. The molecule has 0 aromatic heterocycles. The lowest BCUT2D eigenvalue weighted by atomic mass is 10.1. The number of ketones is 2. The third-order valence-electron chi connectivity index (χ3n) is 7.57. The molecule has 53 heavy (non-hydrogen) atoms. The molecular formula is C38H58BrNO13. The summed E-state index contributed by atoms with van der Waals surface area (Å²) in [6, 6.07) is 7.77. The molecule has 14 nitrogen and oxygen atoms in total. The van der Waals surface area contributed by atoms with E-state index in [-0.39, 0.29) is 36.3 Å². The molecule has 0 spiro atoms. The quantitative estimate of drug-likeness (QED) is 0.0695. The molecule has 1 aromatic rings. The van der Waals surface area contributed by atoms with Crippen molar-refractivity contribution in [3.8, 4) is 5.75 Å². The third-order valence-corrected chi connectivity index (χ3v) is 8.10. The molecule has 1 heterocycles. The van der Waals surface area contributed by atoms with Gasteiger partial charge in [0.25, 0.3) is 11.8 Å². The maximum absolute atomic E-state index is 12.0. The van der Waals surface area contributed by atoms with Gasteiger partial charge in [0.05, 0.1) is 106 Å². The number of unbranched alkanes of at least 4 members (excludes halogenated alkanes) is 2. The molecule has 15 heteroatoms. The van der Waals surface area contributed by atoms with Crippen LogP contribution in [0.3, 0.4) is 0 Å². The molecule has 0 radical (unpaired) electrons. The third kappa shape index (κ3) is 26.8. The summed E-state index contributed by atoms with van der Waals surface area (Å²) in [5, 5.41) is 0. The topological polar surface area (TPSA) is 155 Å². The van der Waals surface area contributed by atoms with Crippen LogP contribution in [0.1, 0.15) is 51.4 Å². The summed E-state index contributed by atoms with van der Waals surface area (Å²) in [6.45, 7) is 8.03. The summed E-state index contributed by atoms with van der Waals surface area (Å²) >= 11 is 3.40. The lowest BCUT2D eigenvalue weighted by Crippen LogP contribution is -2.32. The molecule has 0 bridgehead atoms. The van der Waals surface area contributed by atoms with Crippen LogP contribution in [0.15, 0.2) is 40.9 Å². The van der Waals surface area contributed by atoms with E-state index in [1.165, 1.54) is 12.2 Å². The molecule has 0 atom stereocenters. The Kier molecular flexibility index (Phi) is 28.8. The number of carbonyl (C=O) groups excluding carboxylic acids is 4. The summed E-state index contributed by atoms with van der Waals surface area (Å²) in [6.07, 6.45) is 7.27. The molecule has 2 amide bonds. The van der Waals surface area contributed by atoms with Crippen LogP contribution in [0.5, 0.6) is 5.75 Å². The first-order valence-electron chi connectivity index (χ1n) is 18.5. The van der Waals surface area contributed by atoms with Gasteiger partial charge in [-0.3, -0.25) is 24.1 Å². The van der Waals surface area contributed by atoms with Crippen molar-refractivity contribution in [1.82, 2.24) is 4.90 Å². The van der Waals surface area contributed by atoms with Gasteiger partial charge in [-0.25, -0.2) is 0 Å². The normalized spacial score (nSPS) is 12.7. The first kappa shape index (κ1) is 46.6. The van der Waals surface area contributed by atoms with Crippen molar-refractivity contribution in [1.29, 1.82) is 0 Å². The van der Waals surface area contributed by atoms with Crippen LogP contribution in [-0.4, -0.2) is 147 Å². The average Bonchev–Trinajstić information content (AvgIpc) is 3.48. The first-order chi connectivity index (χ1) is 26.0. The molecule has 0 unspecified atom stereocenters. The summed E-state index contributed by atoms with van der Waals surface area (Å²) in [5.41, 5.74) is 0. The largest absolute Gasteiger partial charge is 0.494 e. The van der Waals surface area contributed by atoms with Gasteiger partial charge in [0, 0.05) is 55.5 Å². The number of hydrogen-bond acceptors (Lipinski definition) is 13. The minimum atomic E-state index is -0.371. The summed E-state index contributed by atoms with van der Waals surface area (Å²) < 4.78 is 50.5. The van der Waals surface area contributed by atoms with Crippen LogP contribution in [0.2, 0.25) is 0 Å². The molecule has 0 saturated carbocycles. The van der Waals surface area contributed by atoms with E-state index in [9.17, 15) is 19.2 Å².